The number of nitrogens with zero attached hydrogens (tertiary/aromatic N) is 2. The second kappa shape index (κ2) is 10.9. The summed E-state index contributed by atoms with van der Waals surface area (Å²) in [6.07, 6.45) is 1.73. The van der Waals surface area contributed by atoms with Gasteiger partial charge >= 0.3 is 0 Å². The van der Waals surface area contributed by atoms with Crippen LogP contribution in [0.25, 0.3) is 6.08 Å². The number of hydrogen-bond donors (Lipinski definition) is 0. The Balaban J connectivity index is 1.79. The highest BCUT2D eigenvalue weighted by Crippen LogP contribution is 2.40. The van der Waals surface area contributed by atoms with Crippen LogP contribution >= 0.6 is 58.2 Å². The van der Waals surface area contributed by atoms with E-state index in [0.29, 0.717) is 59.5 Å². The fourth-order valence-electron chi connectivity index (χ4n) is 3.36. The van der Waals surface area contributed by atoms with E-state index < -0.39 is 0 Å². The van der Waals surface area contributed by atoms with Crippen molar-refractivity contribution in [2.45, 2.75) is 20.8 Å². The van der Waals surface area contributed by atoms with Crippen molar-refractivity contribution < 1.29 is 9.53 Å². The second-order valence-corrected chi connectivity index (χ2v) is 10.4. The van der Waals surface area contributed by atoms with Gasteiger partial charge in [0.05, 0.1) is 32.9 Å². The molecule has 4 nitrogen and oxygen atoms in total. The Morgan fingerprint density at radius 3 is 2.14 bits per heavy atom. The third kappa shape index (κ3) is 5.65. The van der Waals surface area contributed by atoms with Crippen molar-refractivity contribution in [3.8, 4) is 5.75 Å². The lowest BCUT2D eigenvalue weighted by atomic mass is 10.2. The number of anilines is 1. The average molecular weight is 566 g/mol. The first-order chi connectivity index (χ1) is 16.7. The fourth-order valence-corrected chi connectivity index (χ4v) is 5.32. The summed E-state index contributed by atoms with van der Waals surface area (Å²) in [5.74, 6) is 0.172. The molecule has 4 rings (SSSR count). The van der Waals surface area contributed by atoms with Gasteiger partial charge in [0.1, 0.15) is 0 Å². The molecule has 0 radical (unpaired) electrons. The maximum absolute atomic E-state index is 13.6. The first-order valence-corrected chi connectivity index (χ1v) is 13.0. The molecular weight excluding hydrogens is 546 g/mol. The van der Waals surface area contributed by atoms with Crippen molar-refractivity contribution in [3.05, 3.63) is 90.2 Å². The summed E-state index contributed by atoms with van der Waals surface area (Å²) in [6.45, 7) is 6.11. The van der Waals surface area contributed by atoms with E-state index in [1.54, 1.807) is 30.3 Å². The average Bonchev–Trinajstić information content (AvgIpc) is 3.10. The number of hydrogen-bond acceptors (Lipinski definition) is 4. The van der Waals surface area contributed by atoms with Crippen molar-refractivity contribution in [2.75, 3.05) is 11.5 Å². The van der Waals surface area contributed by atoms with E-state index >= 15 is 0 Å². The Morgan fingerprint density at radius 2 is 1.54 bits per heavy atom. The van der Waals surface area contributed by atoms with Crippen LogP contribution in [0.1, 0.15) is 23.6 Å². The van der Waals surface area contributed by atoms with Gasteiger partial charge in [-0.15, -0.1) is 0 Å². The molecule has 0 aliphatic carbocycles. The van der Waals surface area contributed by atoms with Crippen molar-refractivity contribution >= 4 is 86.7 Å². The maximum atomic E-state index is 13.6. The van der Waals surface area contributed by atoms with Crippen LogP contribution in [0.4, 0.5) is 11.4 Å². The topological polar surface area (TPSA) is 41.9 Å². The molecule has 9 heteroatoms. The SMILES string of the molecule is CCOc1c(Cl)cc(/C=C2/SC(=Nc3ccc(C)c(Cl)c3)N(c3ccc(C)c(Cl)c3)C2=O)cc1Cl. The number of carbonyl (C=O) groups is 1. The summed E-state index contributed by atoms with van der Waals surface area (Å²) < 4.78 is 5.50. The maximum Gasteiger partial charge on any atom is 0.271 e. The van der Waals surface area contributed by atoms with E-state index in [1.165, 1.54) is 16.7 Å². The summed E-state index contributed by atoms with van der Waals surface area (Å²) in [4.78, 5) is 20.3. The molecule has 0 aromatic heterocycles. The molecule has 0 unspecified atom stereocenters. The zero-order chi connectivity index (χ0) is 25.3. The van der Waals surface area contributed by atoms with E-state index in [1.807, 2.05) is 45.0 Å². The number of amidine groups is 1. The normalized spacial score (nSPS) is 16.0. The molecule has 35 heavy (non-hydrogen) atoms. The zero-order valence-corrected chi connectivity index (χ0v) is 22.9. The molecule has 180 valence electrons. The minimum absolute atomic E-state index is 0.243. The van der Waals surface area contributed by atoms with Gasteiger partial charge in [-0.05, 0) is 91.7 Å². The molecular formula is C26H20Cl4N2O2S. The highest BCUT2D eigenvalue weighted by atomic mass is 35.5. The van der Waals surface area contributed by atoms with Crippen LogP contribution in [0, 0.1) is 13.8 Å². The van der Waals surface area contributed by atoms with Crippen LogP contribution < -0.4 is 9.64 Å². The Morgan fingerprint density at radius 1 is 0.914 bits per heavy atom. The lowest BCUT2D eigenvalue weighted by molar-refractivity contribution is -0.113. The molecule has 1 heterocycles. The molecule has 0 spiro atoms. The smallest absolute Gasteiger partial charge is 0.271 e. The molecule has 1 fully saturated rings. The van der Waals surface area contributed by atoms with Crippen LogP contribution in [0.3, 0.4) is 0 Å². The number of aryl methyl sites for hydroxylation is 2. The molecule has 0 saturated carbocycles. The van der Waals surface area contributed by atoms with Gasteiger partial charge in [-0.2, -0.15) is 0 Å². The summed E-state index contributed by atoms with van der Waals surface area (Å²) in [7, 11) is 0. The minimum atomic E-state index is -0.243. The number of rotatable bonds is 5. The lowest BCUT2D eigenvalue weighted by Crippen LogP contribution is -2.28. The van der Waals surface area contributed by atoms with Gasteiger partial charge in [-0.3, -0.25) is 9.69 Å². The van der Waals surface area contributed by atoms with Crippen molar-refractivity contribution in [1.29, 1.82) is 0 Å². The predicted molar refractivity (Wildman–Crippen MR) is 150 cm³/mol. The van der Waals surface area contributed by atoms with Crippen LogP contribution in [-0.4, -0.2) is 17.7 Å². The standard InChI is InChI=1S/C26H20Cl4N2O2S/c1-4-34-24-21(29)9-16(10-22(24)30)11-23-25(33)32(18-8-6-15(3)20(28)13-18)26(35-23)31-17-7-5-14(2)19(27)12-17/h5-13H,4H2,1-3H3/b23-11+,31-26?. The van der Waals surface area contributed by atoms with Gasteiger partial charge in [0.2, 0.25) is 0 Å². The minimum Gasteiger partial charge on any atom is -0.491 e. The number of aliphatic imine (C=N–C) groups is 1. The van der Waals surface area contributed by atoms with Crippen LogP contribution in [-0.2, 0) is 4.79 Å². The predicted octanol–water partition coefficient (Wildman–Crippen LogP) is 9.12. The summed E-state index contributed by atoms with van der Waals surface area (Å²) in [5.41, 5.74) is 3.76. The molecule has 1 aliphatic heterocycles. The molecule has 3 aromatic carbocycles. The van der Waals surface area contributed by atoms with Gasteiger partial charge in [0.25, 0.3) is 5.91 Å². The number of thioether (sulfide) groups is 1. The second-order valence-electron chi connectivity index (χ2n) is 7.76. The molecule has 1 aliphatic rings. The molecule has 0 atom stereocenters. The third-order valence-corrected chi connectivity index (χ3v) is 7.55. The first-order valence-electron chi connectivity index (χ1n) is 10.6. The lowest BCUT2D eigenvalue weighted by Gasteiger charge is -2.16. The van der Waals surface area contributed by atoms with E-state index in [0.717, 1.165) is 11.1 Å². The highest BCUT2D eigenvalue weighted by Gasteiger charge is 2.35. The number of halogens is 4. The summed E-state index contributed by atoms with van der Waals surface area (Å²) >= 11 is 26.6. The number of carbonyl (C=O) groups excluding carboxylic acids is 1. The Hall–Kier alpha value is -2.15. The number of amides is 1. The largest absolute Gasteiger partial charge is 0.491 e. The summed E-state index contributed by atoms with van der Waals surface area (Å²) in [5, 5.41) is 2.37. The first kappa shape index (κ1) is 25.9. The Bertz CT molecular complexity index is 1360. The van der Waals surface area contributed by atoms with Crippen molar-refractivity contribution in [1.82, 2.24) is 0 Å². The fraction of sp³-hybridized carbons (Fsp3) is 0.154. The van der Waals surface area contributed by atoms with Gasteiger partial charge in [0.15, 0.2) is 10.9 Å². The molecule has 0 bridgehead atoms. The number of ether oxygens (including phenoxy) is 1. The molecule has 3 aromatic rings. The van der Waals surface area contributed by atoms with Gasteiger partial charge < -0.3 is 4.74 Å². The molecule has 1 amide bonds. The quantitative estimate of drug-likeness (QED) is 0.289. The highest BCUT2D eigenvalue weighted by molar-refractivity contribution is 8.19. The number of benzene rings is 3. The van der Waals surface area contributed by atoms with Crippen LogP contribution in [0.2, 0.25) is 20.1 Å². The third-order valence-electron chi connectivity index (χ3n) is 5.21. The van der Waals surface area contributed by atoms with Gasteiger partial charge in [-0.1, -0.05) is 58.5 Å². The van der Waals surface area contributed by atoms with E-state index in [4.69, 9.17) is 56.1 Å². The molecule has 1 saturated heterocycles. The Kier molecular flexibility index (Phi) is 8.04. The van der Waals surface area contributed by atoms with Gasteiger partial charge in [-0.25, -0.2) is 4.99 Å². The van der Waals surface area contributed by atoms with Crippen LogP contribution in [0.15, 0.2) is 58.4 Å². The van der Waals surface area contributed by atoms with E-state index in [2.05, 4.69) is 0 Å². The van der Waals surface area contributed by atoms with E-state index in [-0.39, 0.29) is 5.91 Å². The van der Waals surface area contributed by atoms with Crippen molar-refractivity contribution in [3.63, 3.8) is 0 Å². The van der Waals surface area contributed by atoms with E-state index in [9.17, 15) is 4.79 Å². The summed E-state index contributed by atoms with van der Waals surface area (Å²) in [6, 6.07) is 14.4. The van der Waals surface area contributed by atoms with Gasteiger partial charge in [0, 0.05) is 10.0 Å². The van der Waals surface area contributed by atoms with Crippen LogP contribution in [0.5, 0.6) is 5.75 Å². The Labute approximate surface area is 228 Å². The monoisotopic (exact) mass is 564 g/mol. The zero-order valence-electron chi connectivity index (χ0n) is 19.0. The van der Waals surface area contributed by atoms with Crippen molar-refractivity contribution in [2.24, 2.45) is 4.99 Å². The molecule has 0 N–H and O–H groups in total.